The Morgan fingerprint density at radius 1 is 1.35 bits per heavy atom. The van der Waals surface area contributed by atoms with Gasteiger partial charge in [0.15, 0.2) is 0 Å². The zero-order valence-corrected chi connectivity index (χ0v) is 11.9. The largest absolute Gasteiger partial charge is 0.490 e. The summed E-state index contributed by atoms with van der Waals surface area (Å²) in [5, 5.41) is 17.1. The number of hydrogen-bond donors (Lipinski definition) is 2. The van der Waals surface area contributed by atoms with Gasteiger partial charge in [0, 0.05) is 6.42 Å². The maximum absolute atomic E-state index is 9.70. The highest BCUT2D eigenvalue weighted by molar-refractivity contribution is 5.77. The molecule has 0 fully saturated rings. The molecule has 1 aromatic carbocycles. The van der Waals surface area contributed by atoms with E-state index in [1.165, 1.54) is 7.11 Å². The summed E-state index contributed by atoms with van der Waals surface area (Å²) in [6, 6.07) is 9.57. The number of methoxy groups -OCH3 is 1. The minimum Gasteiger partial charge on any atom is -0.490 e. The molecular weight excluding hydrogens is 254 g/mol. The van der Waals surface area contributed by atoms with Gasteiger partial charge in [-0.05, 0) is 30.7 Å². The summed E-state index contributed by atoms with van der Waals surface area (Å²) in [6.07, 6.45) is 5.10. The summed E-state index contributed by atoms with van der Waals surface area (Å²) >= 11 is 0. The van der Waals surface area contributed by atoms with Crippen LogP contribution >= 0.6 is 0 Å². The molecule has 0 bridgehead atoms. The molecule has 4 nitrogen and oxygen atoms in total. The van der Waals surface area contributed by atoms with Crippen LogP contribution in [0.1, 0.15) is 13.3 Å². The highest BCUT2D eigenvalue weighted by Gasteiger charge is 2.11. The predicted octanol–water partition coefficient (Wildman–Crippen LogP) is 2.94. The van der Waals surface area contributed by atoms with Gasteiger partial charge in [-0.1, -0.05) is 30.4 Å². The summed E-state index contributed by atoms with van der Waals surface area (Å²) in [6.45, 7) is 2.35. The van der Waals surface area contributed by atoms with Gasteiger partial charge in [-0.2, -0.15) is 0 Å². The zero-order chi connectivity index (χ0) is 14.8. The Morgan fingerprint density at radius 2 is 2.05 bits per heavy atom. The average molecular weight is 275 g/mol. The Morgan fingerprint density at radius 3 is 2.65 bits per heavy atom. The number of nitrogens with one attached hydrogen (secondary N) is 1. The Hall–Kier alpha value is -2.07. The van der Waals surface area contributed by atoms with E-state index in [1.807, 2.05) is 55.5 Å². The lowest BCUT2D eigenvalue weighted by Gasteiger charge is -2.11. The minimum atomic E-state index is -0.911. The standard InChI is InChI=1S/C16H21NO3/c1-3-13(12-15(18)16(17)19-2)8-7-11-20-14-9-5-4-6-10-14/h3-10,15,17-18H,11-12H2,1-2H3/b8-7-,13-3+,17-16?. The minimum absolute atomic E-state index is 0.127. The third-order valence-electron chi connectivity index (χ3n) is 2.74. The number of aliphatic hydroxyl groups is 1. The molecule has 20 heavy (non-hydrogen) atoms. The van der Waals surface area contributed by atoms with Gasteiger partial charge in [0.25, 0.3) is 0 Å². The van der Waals surface area contributed by atoms with E-state index in [1.54, 1.807) is 0 Å². The van der Waals surface area contributed by atoms with Crippen LogP contribution in [-0.2, 0) is 4.74 Å². The number of hydrogen-bond acceptors (Lipinski definition) is 4. The van der Waals surface area contributed by atoms with E-state index < -0.39 is 6.10 Å². The van der Waals surface area contributed by atoms with Crippen molar-refractivity contribution in [1.29, 1.82) is 5.41 Å². The monoisotopic (exact) mass is 275 g/mol. The van der Waals surface area contributed by atoms with Crippen LogP contribution in [0.5, 0.6) is 5.75 Å². The Kier molecular flexibility index (Phi) is 7.14. The van der Waals surface area contributed by atoms with Crippen molar-refractivity contribution < 1.29 is 14.6 Å². The second kappa shape index (κ2) is 8.93. The number of benzene rings is 1. The molecule has 1 rings (SSSR count). The number of para-hydroxylation sites is 1. The molecule has 4 heteroatoms. The highest BCUT2D eigenvalue weighted by atomic mass is 16.5. The molecule has 2 N–H and O–H groups in total. The lowest BCUT2D eigenvalue weighted by Crippen LogP contribution is -2.21. The summed E-state index contributed by atoms with van der Waals surface area (Å²) in [5.41, 5.74) is 0.927. The summed E-state index contributed by atoms with van der Waals surface area (Å²) in [5.74, 6) is 0.693. The van der Waals surface area contributed by atoms with Crippen LogP contribution in [0.3, 0.4) is 0 Å². The van der Waals surface area contributed by atoms with Gasteiger partial charge in [0.1, 0.15) is 18.5 Å². The first kappa shape index (κ1) is 16.0. The summed E-state index contributed by atoms with van der Waals surface area (Å²) in [4.78, 5) is 0. The van der Waals surface area contributed by atoms with E-state index in [0.29, 0.717) is 13.0 Å². The first-order valence-corrected chi connectivity index (χ1v) is 6.47. The van der Waals surface area contributed by atoms with Crippen LogP contribution in [0.2, 0.25) is 0 Å². The molecule has 0 amide bonds. The fourth-order valence-electron chi connectivity index (χ4n) is 1.59. The van der Waals surface area contributed by atoms with Crippen LogP contribution in [-0.4, -0.2) is 30.8 Å². The zero-order valence-electron chi connectivity index (χ0n) is 11.9. The average Bonchev–Trinajstić information content (AvgIpc) is 2.50. The molecule has 0 aliphatic carbocycles. The van der Waals surface area contributed by atoms with Crippen molar-refractivity contribution in [2.45, 2.75) is 19.4 Å². The topological polar surface area (TPSA) is 62.5 Å². The first-order chi connectivity index (χ1) is 9.67. The fraction of sp³-hybridized carbons (Fsp3) is 0.312. The van der Waals surface area contributed by atoms with E-state index in [0.717, 1.165) is 11.3 Å². The van der Waals surface area contributed by atoms with Crippen molar-refractivity contribution in [3.8, 4) is 5.75 Å². The molecule has 0 spiro atoms. The predicted molar refractivity (Wildman–Crippen MR) is 80.2 cm³/mol. The molecule has 0 radical (unpaired) electrons. The van der Waals surface area contributed by atoms with Gasteiger partial charge in [-0.25, -0.2) is 0 Å². The molecule has 0 aliphatic rings. The summed E-state index contributed by atoms with van der Waals surface area (Å²) < 4.78 is 10.2. The first-order valence-electron chi connectivity index (χ1n) is 6.47. The quantitative estimate of drug-likeness (QED) is 0.457. The van der Waals surface area contributed by atoms with Crippen LogP contribution in [0.4, 0.5) is 0 Å². The van der Waals surface area contributed by atoms with E-state index in [9.17, 15) is 5.11 Å². The molecule has 1 aromatic rings. The smallest absolute Gasteiger partial charge is 0.210 e. The SMILES string of the molecule is C/C=C(\C=C/COc1ccccc1)CC(O)C(=N)OC. The number of aliphatic hydroxyl groups excluding tert-OH is 1. The molecule has 1 unspecified atom stereocenters. The molecule has 0 saturated carbocycles. The lowest BCUT2D eigenvalue weighted by atomic mass is 10.1. The van der Waals surface area contributed by atoms with Crippen molar-refractivity contribution in [3.63, 3.8) is 0 Å². The van der Waals surface area contributed by atoms with Crippen molar-refractivity contribution in [2.24, 2.45) is 0 Å². The maximum Gasteiger partial charge on any atom is 0.210 e. The van der Waals surface area contributed by atoms with Crippen LogP contribution in [0, 0.1) is 5.41 Å². The van der Waals surface area contributed by atoms with E-state index in [4.69, 9.17) is 14.9 Å². The third kappa shape index (κ3) is 5.71. The molecular formula is C16H21NO3. The van der Waals surface area contributed by atoms with Gasteiger partial charge < -0.3 is 14.6 Å². The van der Waals surface area contributed by atoms with Crippen LogP contribution in [0.25, 0.3) is 0 Å². The molecule has 108 valence electrons. The number of rotatable bonds is 7. The second-order valence-corrected chi connectivity index (χ2v) is 4.18. The molecule has 0 heterocycles. The number of ether oxygens (including phenoxy) is 2. The van der Waals surface area contributed by atoms with Gasteiger partial charge in [-0.15, -0.1) is 0 Å². The Labute approximate surface area is 119 Å². The van der Waals surface area contributed by atoms with Gasteiger partial charge >= 0.3 is 0 Å². The highest BCUT2D eigenvalue weighted by Crippen LogP contribution is 2.10. The van der Waals surface area contributed by atoms with Crippen molar-refractivity contribution in [3.05, 3.63) is 54.1 Å². The molecule has 0 aliphatic heterocycles. The van der Waals surface area contributed by atoms with Crippen molar-refractivity contribution in [1.82, 2.24) is 0 Å². The van der Waals surface area contributed by atoms with Gasteiger partial charge in [0.2, 0.25) is 5.90 Å². The lowest BCUT2D eigenvalue weighted by molar-refractivity contribution is 0.202. The van der Waals surface area contributed by atoms with Crippen LogP contribution in [0.15, 0.2) is 54.1 Å². The van der Waals surface area contributed by atoms with Gasteiger partial charge in [0.05, 0.1) is 7.11 Å². The Bertz CT molecular complexity index is 466. The third-order valence-corrected chi connectivity index (χ3v) is 2.74. The fourth-order valence-corrected chi connectivity index (χ4v) is 1.59. The second-order valence-electron chi connectivity index (χ2n) is 4.18. The Balaban J connectivity index is 2.41. The maximum atomic E-state index is 9.70. The van der Waals surface area contributed by atoms with Crippen molar-refractivity contribution in [2.75, 3.05) is 13.7 Å². The molecule has 1 atom stereocenters. The van der Waals surface area contributed by atoms with Gasteiger partial charge in [-0.3, -0.25) is 5.41 Å². The summed E-state index contributed by atoms with van der Waals surface area (Å²) in [7, 11) is 1.38. The van der Waals surface area contributed by atoms with Crippen molar-refractivity contribution >= 4 is 5.90 Å². The number of allylic oxidation sites excluding steroid dienone is 2. The molecule has 0 saturated heterocycles. The van der Waals surface area contributed by atoms with E-state index in [2.05, 4.69) is 0 Å². The normalized spacial score (nSPS) is 13.2. The molecule has 0 aromatic heterocycles. The van der Waals surface area contributed by atoms with Crippen LogP contribution < -0.4 is 4.74 Å². The van der Waals surface area contributed by atoms with E-state index >= 15 is 0 Å². The van der Waals surface area contributed by atoms with E-state index in [-0.39, 0.29) is 5.90 Å².